The first-order chi connectivity index (χ1) is 22.5. The maximum atomic E-state index is 14.6. The van der Waals surface area contributed by atoms with Gasteiger partial charge in [-0.2, -0.15) is 10.4 Å². The SMILES string of the molecule is Cn1cc(C2=C3C4CC(C)(C)CC[C@]4(C(=O)OCc4ccccc4)CC[C@@]3(C)[C@]3(C)CCC4C(C)(C)C(=O)C(C#N)C[C@]4(C)C3C2)cn1. The Morgan fingerprint density at radius 2 is 1.69 bits per heavy atom. The van der Waals surface area contributed by atoms with Crippen molar-refractivity contribution in [2.24, 2.45) is 63.2 Å². The van der Waals surface area contributed by atoms with E-state index < -0.39 is 16.7 Å². The zero-order valence-electron chi connectivity index (χ0n) is 30.5. The van der Waals surface area contributed by atoms with Crippen LogP contribution in [0.4, 0.5) is 0 Å². The average molecular weight is 650 g/mol. The Kier molecular flexibility index (Phi) is 7.56. The van der Waals surface area contributed by atoms with Crippen LogP contribution in [0.5, 0.6) is 0 Å². The van der Waals surface area contributed by atoms with Gasteiger partial charge in [-0.15, -0.1) is 0 Å². The van der Waals surface area contributed by atoms with Gasteiger partial charge in [0.2, 0.25) is 0 Å². The van der Waals surface area contributed by atoms with E-state index in [0.717, 1.165) is 62.5 Å². The van der Waals surface area contributed by atoms with Crippen molar-refractivity contribution in [3.05, 3.63) is 59.4 Å². The molecule has 0 radical (unpaired) electrons. The van der Waals surface area contributed by atoms with Crippen LogP contribution < -0.4 is 0 Å². The molecule has 5 aliphatic carbocycles. The third-order valence-corrected chi connectivity index (χ3v) is 15.3. The second kappa shape index (κ2) is 10.9. The number of benzene rings is 1. The monoisotopic (exact) mass is 649 g/mol. The lowest BCUT2D eigenvalue weighted by Crippen LogP contribution is -2.66. The normalized spacial score (nSPS) is 39.7. The minimum atomic E-state index is -0.568. The van der Waals surface area contributed by atoms with Gasteiger partial charge in [0.25, 0.3) is 0 Å². The number of aromatic nitrogens is 2. The number of hydrogen-bond acceptors (Lipinski definition) is 5. The fourth-order valence-corrected chi connectivity index (χ4v) is 12.5. The number of rotatable bonds is 4. The summed E-state index contributed by atoms with van der Waals surface area (Å²) in [6.07, 6.45) is 12.3. The Labute approximate surface area is 287 Å². The molecule has 1 aromatic heterocycles. The van der Waals surface area contributed by atoms with Gasteiger partial charge in [0.05, 0.1) is 17.7 Å². The highest BCUT2D eigenvalue weighted by atomic mass is 16.5. The first kappa shape index (κ1) is 33.3. The Morgan fingerprint density at radius 1 is 0.979 bits per heavy atom. The molecular formula is C42H55N3O3. The van der Waals surface area contributed by atoms with Crippen LogP contribution in [0.3, 0.4) is 0 Å². The summed E-state index contributed by atoms with van der Waals surface area (Å²) in [6.45, 7) is 16.8. The molecule has 4 saturated carbocycles. The van der Waals surface area contributed by atoms with Crippen LogP contribution >= 0.6 is 0 Å². The Bertz CT molecular complexity index is 1710. The number of nitrogens with zero attached hydrogens (tertiary/aromatic N) is 3. The van der Waals surface area contributed by atoms with E-state index in [9.17, 15) is 14.9 Å². The molecule has 0 N–H and O–H groups in total. The predicted molar refractivity (Wildman–Crippen MR) is 187 cm³/mol. The molecule has 0 saturated heterocycles. The van der Waals surface area contributed by atoms with Crippen LogP contribution in [-0.2, 0) is 28.0 Å². The summed E-state index contributed by atoms with van der Waals surface area (Å²) in [5, 5.41) is 15.0. The molecule has 6 nitrogen and oxygen atoms in total. The van der Waals surface area contributed by atoms with E-state index in [2.05, 4.69) is 65.8 Å². The molecule has 1 heterocycles. The van der Waals surface area contributed by atoms with E-state index in [4.69, 9.17) is 4.74 Å². The molecule has 2 aromatic rings. The number of aryl methyl sites for hydroxylation is 1. The average Bonchev–Trinajstić information content (AvgIpc) is 3.48. The summed E-state index contributed by atoms with van der Waals surface area (Å²) in [6, 6.07) is 12.5. The van der Waals surface area contributed by atoms with Crippen molar-refractivity contribution in [1.29, 1.82) is 5.26 Å². The smallest absolute Gasteiger partial charge is 0.313 e. The fraction of sp³-hybridized carbons (Fsp3) is 0.667. The molecular weight excluding hydrogens is 594 g/mol. The van der Waals surface area contributed by atoms with Crippen LogP contribution in [0.2, 0.25) is 0 Å². The number of nitriles is 1. The number of carbonyl (C=O) groups excluding carboxylic acids is 2. The van der Waals surface area contributed by atoms with Crippen LogP contribution in [0.25, 0.3) is 5.57 Å². The van der Waals surface area contributed by atoms with Crippen molar-refractivity contribution in [3.63, 3.8) is 0 Å². The standard InChI is InChI=1S/C42H55N3O3/c1-37(2)16-18-42(36(47)48-26-27-12-10-9-11-13-27)19-17-41(7)34(31(42)22-37)30(29-24-44-45(8)25-29)20-33-39(5)21-28(23-43)35(46)38(3,4)32(39)14-15-40(33,41)6/h9-13,24-25,28,31-33H,14-22,26H2,1-8H3/t28?,31?,32?,33?,39-,40+,41+,42-/m0/s1. The highest BCUT2D eigenvalue weighted by Gasteiger charge is 2.71. The number of ketones is 1. The van der Waals surface area contributed by atoms with Crippen LogP contribution in [-0.4, -0.2) is 21.5 Å². The summed E-state index contributed by atoms with van der Waals surface area (Å²) >= 11 is 0. The number of ether oxygens (including phenoxy) is 1. The van der Waals surface area contributed by atoms with Gasteiger partial charge < -0.3 is 4.74 Å². The van der Waals surface area contributed by atoms with Crippen molar-refractivity contribution in [3.8, 4) is 6.07 Å². The van der Waals surface area contributed by atoms with E-state index in [-0.39, 0.29) is 45.2 Å². The van der Waals surface area contributed by atoms with Crippen LogP contribution in [0.15, 0.2) is 48.3 Å². The third-order valence-electron chi connectivity index (χ3n) is 15.3. The molecule has 5 aliphatic rings. The Balaban J connectivity index is 1.40. The largest absolute Gasteiger partial charge is 0.460 e. The molecule has 7 rings (SSSR count). The van der Waals surface area contributed by atoms with Gasteiger partial charge >= 0.3 is 5.97 Å². The van der Waals surface area contributed by atoms with E-state index in [1.54, 1.807) is 0 Å². The van der Waals surface area contributed by atoms with Crippen molar-refractivity contribution < 1.29 is 14.3 Å². The predicted octanol–water partition coefficient (Wildman–Crippen LogP) is 9.11. The number of esters is 1. The highest BCUT2D eigenvalue weighted by Crippen LogP contribution is 2.77. The van der Waals surface area contributed by atoms with Crippen molar-refractivity contribution in [2.45, 2.75) is 113 Å². The Morgan fingerprint density at radius 3 is 2.35 bits per heavy atom. The lowest BCUT2D eigenvalue weighted by atomic mass is 9.32. The van der Waals surface area contributed by atoms with Crippen molar-refractivity contribution in [2.75, 3.05) is 0 Å². The Hall–Kier alpha value is -3.20. The van der Waals surface area contributed by atoms with E-state index in [1.165, 1.54) is 11.1 Å². The first-order valence-corrected chi connectivity index (χ1v) is 18.4. The molecule has 0 amide bonds. The highest BCUT2D eigenvalue weighted by molar-refractivity contribution is 5.90. The number of allylic oxidation sites excluding steroid dienone is 2. The molecule has 1 aromatic carbocycles. The van der Waals surface area contributed by atoms with Gasteiger partial charge in [0, 0.05) is 24.2 Å². The summed E-state index contributed by atoms with van der Waals surface area (Å²) < 4.78 is 8.19. The van der Waals surface area contributed by atoms with Gasteiger partial charge in [0.1, 0.15) is 12.5 Å². The lowest BCUT2D eigenvalue weighted by Gasteiger charge is -2.71. The first-order valence-electron chi connectivity index (χ1n) is 18.4. The molecule has 48 heavy (non-hydrogen) atoms. The minimum absolute atomic E-state index is 0.0284. The van der Waals surface area contributed by atoms with E-state index in [1.807, 2.05) is 48.3 Å². The van der Waals surface area contributed by atoms with Crippen LogP contribution in [0, 0.1) is 67.5 Å². The molecule has 256 valence electrons. The third kappa shape index (κ3) is 4.58. The molecule has 6 heteroatoms. The van der Waals surface area contributed by atoms with Gasteiger partial charge in [-0.05, 0) is 108 Å². The molecule has 4 unspecified atom stereocenters. The number of Topliss-reactive ketones (excluding diaryl/α,β-unsaturated/α-hetero) is 1. The van der Waals surface area contributed by atoms with Gasteiger partial charge in [0.15, 0.2) is 5.78 Å². The molecule has 4 fully saturated rings. The van der Waals surface area contributed by atoms with E-state index in [0.29, 0.717) is 18.9 Å². The zero-order chi connectivity index (χ0) is 34.5. The maximum absolute atomic E-state index is 14.6. The molecule has 0 aliphatic heterocycles. The molecule has 0 bridgehead atoms. The van der Waals surface area contributed by atoms with Gasteiger partial charge in [-0.25, -0.2) is 0 Å². The fourth-order valence-electron chi connectivity index (χ4n) is 12.5. The second-order valence-corrected chi connectivity index (χ2v) is 18.5. The number of hydrogen-bond donors (Lipinski definition) is 0. The maximum Gasteiger partial charge on any atom is 0.313 e. The van der Waals surface area contributed by atoms with E-state index >= 15 is 0 Å². The summed E-state index contributed by atoms with van der Waals surface area (Å²) in [5.74, 6) is 0.135. The number of fused-ring (bicyclic) bond motifs is 7. The lowest BCUT2D eigenvalue weighted by molar-refractivity contribution is -0.193. The van der Waals surface area contributed by atoms with Crippen molar-refractivity contribution in [1.82, 2.24) is 9.78 Å². The topological polar surface area (TPSA) is 85.0 Å². The van der Waals surface area contributed by atoms with Crippen molar-refractivity contribution >= 4 is 17.3 Å². The summed E-state index contributed by atoms with van der Waals surface area (Å²) in [4.78, 5) is 28.3. The van der Waals surface area contributed by atoms with Crippen LogP contribution in [0.1, 0.15) is 117 Å². The summed E-state index contributed by atoms with van der Waals surface area (Å²) in [5.41, 5.74) is 3.68. The number of carbonyl (C=O) groups is 2. The van der Waals surface area contributed by atoms with Gasteiger partial charge in [-0.3, -0.25) is 14.3 Å². The quantitative estimate of drug-likeness (QED) is 0.309. The molecule has 0 spiro atoms. The zero-order valence-corrected chi connectivity index (χ0v) is 30.5. The second-order valence-electron chi connectivity index (χ2n) is 18.5. The summed E-state index contributed by atoms with van der Waals surface area (Å²) in [7, 11) is 1.99. The molecule has 8 atom stereocenters. The van der Waals surface area contributed by atoms with Gasteiger partial charge in [-0.1, -0.05) is 84.4 Å². The minimum Gasteiger partial charge on any atom is -0.460 e.